The van der Waals surface area contributed by atoms with Gasteiger partial charge >= 0.3 is 5.97 Å². The number of aromatic nitrogens is 1. The molecule has 2 heterocycles. The smallest absolute Gasteiger partial charge is 0.305 e. The maximum Gasteiger partial charge on any atom is 0.305 e. The summed E-state index contributed by atoms with van der Waals surface area (Å²) in [6, 6.07) is 15.1. The van der Waals surface area contributed by atoms with Crippen LogP contribution in [0.2, 0.25) is 0 Å². The molecule has 0 saturated carbocycles. The van der Waals surface area contributed by atoms with Gasteiger partial charge in [0.1, 0.15) is 12.4 Å². The Morgan fingerprint density at radius 2 is 1.77 bits per heavy atom. The standard InChI is InChI=1S/C32H36N6O6/c1-20(33)32(43)38(24(17-27(40)41)16-22-10-5-3-6-11-22)30-28(21(2)39)25(23-12-7-4-8-13-23)18-34-29(30)31(42)26-14-9-15-37(26)35-19-36-44/h3-8,10-13,18,20,24,26,35H,9,14-17,19,33H2,1-2H3,(H,40,41)/t20-,24?,26?/m0/s1. The quantitative estimate of drug-likeness (QED) is 0.183. The minimum atomic E-state index is -1.18. The number of nitrogens with two attached hydrogens (primary N) is 1. The third-order valence-electron chi connectivity index (χ3n) is 7.57. The van der Waals surface area contributed by atoms with Crippen LogP contribution in [0.5, 0.6) is 0 Å². The molecule has 44 heavy (non-hydrogen) atoms. The van der Waals surface area contributed by atoms with Crippen molar-refractivity contribution in [1.29, 1.82) is 0 Å². The maximum atomic E-state index is 14.3. The molecule has 1 aliphatic heterocycles. The molecule has 3 aromatic rings. The molecule has 0 aliphatic carbocycles. The van der Waals surface area contributed by atoms with Gasteiger partial charge in [0.05, 0.1) is 35.8 Å². The number of carbonyl (C=O) groups excluding carboxylic acids is 3. The van der Waals surface area contributed by atoms with Crippen molar-refractivity contribution < 1.29 is 24.3 Å². The molecule has 1 aromatic heterocycles. The predicted molar refractivity (Wildman–Crippen MR) is 165 cm³/mol. The molecule has 3 atom stereocenters. The summed E-state index contributed by atoms with van der Waals surface area (Å²) in [6.07, 6.45) is 2.10. The zero-order valence-corrected chi connectivity index (χ0v) is 24.7. The number of benzene rings is 2. The summed E-state index contributed by atoms with van der Waals surface area (Å²) < 4.78 is 0. The van der Waals surface area contributed by atoms with Gasteiger partial charge in [0, 0.05) is 18.3 Å². The fourth-order valence-electron chi connectivity index (χ4n) is 5.65. The van der Waals surface area contributed by atoms with Crippen molar-refractivity contribution in [2.24, 2.45) is 10.9 Å². The number of Topliss-reactive ketones (excluding diaryl/α,β-unsaturated/α-hetero) is 2. The molecule has 2 aromatic carbocycles. The number of aliphatic carboxylic acids is 1. The van der Waals surface area contributed by atoms with Crippen LogP contribution >= 0.6 is 0 Å². The van der Waals surface area contributed by atoms with Gasteiger partial charge in [0.2, 0.25) is 11.7 Å². The van der Waals surface area contributed by atoms with Crippen LogP contribution in [0.4, 0.5) is 5.69 Å². The number of hydrazine groups is 1. The van der Waals surface area contributed by atoms with Gasteiger partial charge in [-0.2, -0.15) is 0 Å². The van der Waals surface area contributed by atoms with Crippen LogP contribution in [-0.4, -0.2) is 69.9 Å². The molecule has 0 bridgehead atoms. The van der Waals surface area contributed by atoms with E-state index in [4.69, 9.17) is 5.73 Å². The van der Waals surface area contributed by atoms with E-state index in [0.29, 0.717) is 30.5 Å². The monoisotopic (exact) mass is 600 g/mol. The second kappa shape index (κ2) is 14.7. The van der Waals surface area contributed by atoms with Gasteiger partial charge in [0.25, 0.3) is 0 Å². The highest BCUT2D eigenvalue weighted by Crippen LogP contribution is 2.38. The van der Waals surface area contributed by atoms with Gasteiger partial charge in [-0.3, -0.25) is 24.2 Å². The van der Waals surface area contributed by atoms with Crippen molar-refractivity contribution in [3.05, 3.63) is 88.6 Å². The third-order valence-corrected chi connectivity index (χ3v) is 7.57. The van der Waals surface area contributed by atoms with E-state index in [1.165, 1.54) is 24.9 Å². The lowest BCUT2D eigenvalue weighted by molar-refractivity contribution is -0.137. The van der Waals surface area contributed by atoms with E-state index in [9.17, 15) is 29.2 Å². The summed E-state index contributed by atoms with van der Waals surface area (Å²) in [7, 11) is 0. The molecule has 12 nitrogen and oxygen atoms in total. The lowest BCUT2D eigenvalue weighted by Crippen LogP contribution is -2.51. The normalized spacial score (nSPS) is 16.2. The summed E-state index contributed by atoms with van der Waals surface area (Å²) >= 11 is 0. The molecule has 4 N–H and O–H groups in total. The maximum absolute atomic E-state index is 14.3. The zero-order chi connectivity index (χ0) is 31.8. The molecule has 4 rings (SSSR count). The molecule has 12 heteroatoms. The second-order valence-corrected chi connectivity index (χ2v) is 10.8. The molecular weight excluding hydrogens is 564 g/mol. The second-order valence-electron chi connectivity index (χ2n) is 10.8. The number of hydrogen-bond donors (Lipinski definition) is 3. The fourth-order valence-corrected chi connectivity index (χ4v) is 5.65. The first kappa shape index (κ1) is 32.3. The van der Waals surface area contributed by atoms with E-state index >= 15 is 0 Å². The summed E-state index contributed by atoms with van der Waals surface area (Å²) in [4.78, 5) is 70.8. The number of carboxylic acid groups (broad SMARTS) is 1. The Hall–Kier alpha value is -4.65. The van der Waals surface area contributed by atoms with Crippen molar-refractivity contribution in [1.82, 2.24) is 15.4 Å². The van der Waals surface area contributed by atoms with Crippen LogP contribution in [-0.2, 0) is 16.0 Å². The van der Waals surface area contributed by atoms with Crippen LogP contribution in [0.1, 0.15) is 59.5 Å². The van der Waals surface area contributed by atoms with E-state index < -0.39 is 48.0 Å². The number of hydrogen-bond acceptors (Lipinski definition) is 10. The molecular formula is C32H36N6O6. The number of carboxylic acids is 1. The number of pyridine rings is 1. The van der Waals surface area contributed by atoms with E-state index in [1.54, 1.807) is 41.4 Å². The highest BCUT2D eigenvalue weighted by Gasteiger charge is 2.40. The Morgan fingerprint density at radius 1 is 1.11 bits per heavy atom. The Labute approximate surface area is 255 Å². The number of ketones is 2. The Balaban J connectivity index is 2.02. The lowest BCUT2D eigenvalue weighted by Gasteiger charge is -2.35. The van der Waals surface area contributed by atoms with Gasteiger partial charge in [0.15, 0.2) is 5.78 Å². The first-order chi connectivity index (χ1) is 21.1. The van der Waals surface area contributed by atoms with Crippen molar-refractivity contribution >= 4 is 29.1 Å². The number of carbonyl (C=O) groups is 4. The first-order valence-electron chi connectivity index (χ1n) is 14.4. The van der Waals surface area contributed by atoms with Crippen molar-refractivity contribution in [2.75, 3.05) is 18.1 Å². The largest absolute Gasteiger partial charge is 0.481 e. The number of amides is 1. The predicted octanol–water partition coefficient (Wildman–Crippen LogP) is 3.59. The SMILES string of the molecule is CC(=O)c1c(-c2ccccc2)cnc(C(=O)C2CCCN2NCN=O)c1N(C(=O)[C@H](C)N)C(CC(=O)O)Cc1ccccc1. The van der Waals surface area contributed by atoms with Gasteiger partial charge in [-0.05, 0) is 44.2 Å². The average molecular weight is 601 g/mol. The third kappa shape index (κ3) is 7.28. The Kier molecular flexibility index (Phi) is 10.8. The van der Waals surface area contributed by atoms with Crippen molar-refractivity contribution in [3.63, 3.8) is 0 Å². The van der Waals surface area contributed by atoms with E-state index in [0.717, 1.165) is 5.56 Å². The molecule has 1 fully saturated rings. The topological polar surface area (TPSA) is 175 Å². The van der Waals surface area contributed by atoms with E-state index in [2.05, 4.69) is 15.6 Å². The molecule has 230 valence electrons. The van der Waals surface area contributed by atoms with E-state index in [-0.39, 0.29) is 30.0 Å². The van der Waals surface area contributed by atoms with Gasteiger partial charge in [-0.25, -0.2) is 10.4 Å². The lowest BCUT2D eigenvalue weighted by atomic mass is 9.91. The molecule has 1 aliphatic rings. The first-order valence-corrected chi connectivity index (χ1v) is 14.4. The number of nitrogens with zero attached hydrogens (tertiary/aromatic N) is 4. The average Bonchev–Trinajstić information content (AvgIpc) is 3.48. The summed E-state index contributed by atoms with van der Waals surface area (Å²) in [5.74, 6) is -2.78. The minimum absolute atomic E-state index is 0.0547. The van der Waals surface area contributed by atoms with E-state index in [1.807, 2.05) is 24.3 Å². The van der Waals surface area contributed by atoms with Gasteiger partial charge < -0.3 is 15.7 Å². The van der Waals surface area contributed by atoms with Crippen LogP contribution < -0.4 is 16.1 Å². The minimum Gasteiger partial charge on any atom is -0.481 e. The Bertz CT molecular complexity index is 1510. The fraction of sp³-hybridized carbons (Fsp3) is 0.344. The highest BCUT2D eigenvalue weighted by atomic mass is 16.4. The van der Waals surface area contributed by atoms with Crippen LogP contribution in [0.3, 0.4) is 0 Å². The number of nitrogens with one attached hydrogen (secondary N) is 1. The summed E-state index contributed by atoms with van der Waals surface area (Å²) in [5.41, 5.74) is 10.6. The molecule has 1 saturated heterocycles. The summed E-state index contributed by atoms with van der Waals surface area (Å²) in [5, 5.41) is 14.4. The Morgan fingerprint density at radius 3 is 2.36 bits per heavy atom. The molecule has 0 radical (unpaired) electrons. The van der Waals surface area contributed by atoms with Crippen molar-refractivity contribution in [2.45, 2.75) is 57.7 Å². The van der Waals surface area contributed by atoms with Crippen LogP contribution in [0.15, 0.2) is 72.0 Å². The summed E-state index contributed by atoms with van der Waals surface area (Å²) in [6.45, 7) is 3.01. The highest BCUT2D eigenvalue weighted by molar-refractivity contribution is 6.16. The van der Waals surface area contributed by atoms with Crippen LogP contribution in [0.25, 0.3) is 11.1 Å². The number of anilines is 1. The molecule has 0 spiro atoms. The zero-order valence-electron chi connectivity index (χ0n) is 24.7. The van der Waals surface area contributed by atoms with Crippen molar-refractivity contribution in [3.8, 4) is 11.1 Å². The molecule has 2 unspecified atom stereocenters. The van der Waals surface area contributed by atoms with Crippen LogP contribution in [0, 0.1) is 4.91 Å². The molecule has 1 amide bonds. The van der Waals surface area contributed by atoms with Gasteiger partial charge in [-0.1, -0.05) is 65.8 Å². The number of rotatable bonds is 14. The van der Waals surface area contributed by atoms with Gasteiger partial charge in [-0.15, -0.1) is 4.91 Å². The number of nitroso groups, excluding NO2 is 1.